The summed E-state index contributed by atoms with van der Waals surface area (Å²) in [5.74, 6) is -0.152. The summed E-state index contributed by atoms with van der Waals surface area (Å²) in [6.45, 7) is 2.00. The van der Waals surface area contributed by atoms with Crippen LogP contribution in [-0.4, -0.2) is 30.9 Å². The molecule has 0 radical (unpaired) electrons. The molecule has 1 aromatic rings. The molecule has 3 nitrogen and oxygen atoms in total. The van der Waals surface area contributed by atoms with E-state index in [2.05, 4.69) is 9.64 Å². The standard InChI is InChI=1S/C14H19F3N2O/c15-14(16,17)20-13-7-3-2-6-11(13)12(10-18)19-8-4-1-5-9-19/h2-3,6-7,12H,1,4-5,8-10,18H2/t12-/m0/s1. The molecular weight excluding hydrogens is 269 g/mol. The first-order valence-corrected chi connectivity index (χ1v) is 6.80. The van der Waals surface area contributed by atoms with Crippen molar-refractivity contribution in [3.63, 3.8) is 0 Å². The van der Waals surface area contributed by atoms with Crippen molar-refractivity contribution in [2.75, 3.05) is 19.6 Å². The Balaban J connectivity index is 2.24. The molecule has 0 unspecified atom stereocenters. The monoisotopic (exact) mass is 288 g/mol. The average molecular weight is 288 g/mol. The highest BCUT2D eigenvalue weighted by molar-refractivity contribution is 5.36. The highest BCUT2D eigenvalue weighted by atomic mass is 19.4. The third-order valence-corrected chi connectivity index (χ3v) is 3.56. The molecule has 0 aliphatic carbocycles. The third-order valence-electron chi connectivity index (χ3n) is 3.56. The quantitative estimate of drug-likeness (QED) is 0.925. The number of alkyl halides is 3. The summed E-state index contributed by atoms with van der Waals surface area (Å²) in [5.41, 5.74) is 6.30. The summed E-state index contributed by atoms with van der Waals surface area (Å²) in [5, 5.41) is 0. The van der Waals surface area contributed by atoms with E-state index in [1.807, 2.05) is 0 Å². The molecule has 1 heterocycles. The van der Waals surface area contributed by atoms with Crippen LogP contribution in [0.1, 0.15) is 30.9 Å². The van der Waals surface area contributed by atoms with Crippen LogP contribution in [0.4, 0.5) is 13.2 Å². The molecule has 0 aromatic heterocycles. The number of nitrogens with two attached hydrogens (primary N) is 1. The molecule has 1 aliphatic rings. The number of para-hydroxylation sites is 1. The second kappa shape index (κ2) is 6.45. The van der Waals surface area contributed by atoms with Gasteiger partial charge in [0.2, 0.25) is 0 Å². The van der Waals surface area contributed by atoms with E-state index in [0.29, 0.717) is 5.56 Å². The van der Waals surface area contributed by atoms with E-state index in [4.69, 9.17) is 5.73 Å². The molecule has 0 spiro atoms. The Morgan fingerprint density at radius 2 is 1.80 bits per heavy atom. The molecule has 6 heteroatoms. The Bertz CT molecular complexity index is 431. The van der Waals surface area contributed by atoms with Gasteiger partial charge in [0, 0.05) is 12.1 Å². The molecule has 112 valence electrons. The number of hydrogen-bond acceptors (Lipinski definition) is 3. The van der Waals surface area contributed by atoms with Crippen LogP contribution >= 0.6 is 0 Å². The fraction of sp³-hybridized carbons (Fsp3) is 0.571. The molecule has 2 rings (SSSR count). The number of nitrogens with zero attached hydrogens (tertiary/aromatic N) is 1. The first-order chi connectivity index (χ1) is 9.51. The molecular formula is C14H19F3N2O. The lowest BCUT2D eigenvalue weighted by atomic mass is 10.0. The van der Waals surface area contributed by atoms with Gasteiger partial charge in [0.05, 0.1) is 6.04 Å². The van der Waals surface area contributed by atoms with Gasteiger partial charge in [0.15, 0.2) is 0 Å². The van der Waals surface area contributed by atoms with E-state index in [9.17, 15) is 13.2 Å². The number of hydrogen-bond donors (Lipinski definition) is 1. The second-order valence-corrected chi connectivity index (χ2v) is 4.93. The predicted molar refractivity (Wildman–Crippen MR) is 70.3 cm³/mol. The van der Waals surface area contributed by atoms with Crippen molar-refractivity contribution in [1.82, 2.24) is 4.90 Å². The predicted octanol–water partition coefficient (Wildman–Crippen LogP) is 3.07. The zero-order valence-corrected chi connectivity index (χ0v) is 11.2. The lowest BCUT2D eigenvalue weighted by Crippen LogP contribution is -2.38. The minimum Gasteiger partial charge on any atom is -0.405 e. The van der Waals surface area contributed by atoms with Crippen molar-refractivity contribution >= 4 is 0 Å². The number of likely N-dealkylation sites (tertiary alicyclic amines) is 1. The Morgan fingerprint density at radius 3 is 2.40 bits per heavy atom. The maximum absolute atomic E-state index is 12.5. The number of ether oxygens (including phenoxy) is 1. The molecule has 1 fully saturated rings. The molecule has 0 amide bonds. The van der Waals surface area contributed by atoms with E-state index in [-0.39, 0.29) is 18.3 Å². The van der Waals surface area contributed by atoms with Crippen LogP contribution in [0.3, 0.4) is 0 Å². The zero-order chi connectivity index (χ0) is 14.6. The van der Waals surface area contributed by atoms with E-state index in [1.54, 1.807) is 12.1 Å². The van der Waals surface area contributed by atoms with Gasteiger partial charge >= 0.3 is 6.36 Å². The molecule has 1 aliphatic heterocycles. The highest BCUT2D eigenvalue weighted by Crippen LogP contribution is 2.33. The minimum atomic E-state index is -4.68. The second-order valence-electron chi connectivity index (χ2n) is 4.93. The van der Waals surface area contributed by atoms with Crippen molar-refractivity contribution in [1.29, 1.82) is 0 Å². The molecule has 1 aromatic carbocycles. The fourth-order valence-electron chi connectivity index (χ4n) is 2.68. The number of piperidine rings is 1. The van der Waals surface area contributed by atoms with Gasteiger partial charge in [0.25, 0.3) is 0 Å². The van der Waals surface area contributed by atoms with Gasteiger partial charge < -0.3 is 10.5 Å². The number of rotatable bonds is 4. The van der Waals surface area contributed by atoms with Crippen LogP contribution in [-0.2, 0) is 0 Å². The fourth-order valence-corrected chi connectivity index (χ4v) is 2.68. The van der Waals surface area contributed by atoms with Gasteiger partial charge in [0.1, 0.15) is 5.75 Å². The summed E-state index contributed by atoms with van der Waals surface area (Å²) in [6, 6.07) is 6.02. The SMILES string of the molecule is NC[C@@H](c1ccccc1OC(F)(F)F)N1CCCCC1. The molecule has 0 saturated carbocycles. The number of halogens is 3. The van der Waals surface area contributed by atoms with Gasteiger partial charge in [-0.2, -0.15) is 0 Å². The van der Waals surface area contributed by atoms with E-state index in [0.717, 1.165) is 32.4 Å². The Hall–Kier alpha value is -1.27. The molecule has 2 N–H and O–H groups in total. The van der Waals surface area contributed by atoms with Gasteiger partial charge in [-0.3, -0.25) is 4.90 Å². The highest BCUT2D eigenvalue weighted by Gasteiger charge is 2.33. The van der Waals surface area contributed by atoms with Crippen molar-refractivity contribution in [2.45, 2.75) is 31.7 Å². The topological polar surface area (TPSA) is 38.5 Å². The van der Waals surface area contributed by atoms with Crippen molar-refractivity contribution in [3.05, 3.63) is 29.8 Å². The third kappa shape index (κ3) is 3.86. The first kappa shape index (κ1) is 15.1. The van der Waals surface area contributed by atoms with Gasteiger partial charge in [-0.15, -0.1) is 13.2 Å². The van der Waals surface area contributed by atoms with E-state index in [1.165, 1.54) is 12.1 Å². The van der Waals surface area contributed by atoms with Crippen LogP contribution in [0, 0.1) is 0 Å². The van der Waals surface area contributed by atoms with Crippen molar-refractivity contribution < 1.29 is 17.9 Å². The average Bonchev–Trinajstić information content (AvgIpc) is 2.41. The Labute approximate surface area is 116 Å². The van der Waals surface area contributed by atoms with Crippen LogP contribution in [0.5, 0.6) is 5.75 Å². The van der Waals surface area contributed by atoms with Gasteiger partial charge in [-0.05, 0) is 32.0 Å². The lowest BCUT2D eigenvalue weighted by molar-refractivity contribution is -0.275. The van der Waals surface area contributed by atoms with Crippen LogP contribution < -0.4 is 10.5 Å². The Kier molecular flexibility index (Phi) is 4.88. The van der Waals surface area contributed by atoms with Crippen LogP contribution in [0.15, 0.2) is 24.3 Å². The van der Waals surface area contributed by atoms with E-state index >= 15 is 0 Å². The van der Waals surface area contributed by atoms with Crippen LogP contribution in [0.2, 0.25) is 0 Å². The zero-order valence-electron chi connectivity index (χ0n) is 11.2. The molecule has 0 bridgehead atoms. The van der Waals surface area contributed by atoms with E-state index < -0.39 is 6.36 Å². The molecule has 20 heavy (non-hydrogen) atoms. The smallest absolute Gasteiger partial charge is 0.405 e. The summed E-state index contributed by atoms with van der Waals surface area (Å²) in [6.07, 6.45) is -1.41. The van der Waals surface area contributed by atoms with Gasteiger partial charge in [-0.1, -0.05) is 24.6 Å². The summed E-state index contributed by atoms with van der Waals surface area (Å²) >= 11 is 0. The van der Waals surface area contributed by atoms with Gasteiger partial charge in [-0.25, -0.2) is 0 Å². The minimum absolute atomic E-state index is 0.152. The Morgan fingerprint density at radius 1 is 1.15 bits per heavy atom. The maximum atomic E-state index is 12.5. The largest absolute Gasteiger partial charge is 0.573 e. The summed E-state index contributed by atoms with van der Waals surface area (Å²) in [4.78, 5) is 2.14. The molecule has 1 atom stereocenters. The first-order valence-electron chi connectivity index (χ1n) is 6.80. The molecule has 1 saturated heterocycles. The van der Waals surface area contributed by atoms with Crippen LogP contribution in [0.25, 0.3) is 0 Å². The summed E-state index contributed by atoms with van der Waals surface area (Å²) in [7, 11) is 0. The lowest BCUT2D eigenvalue weighted by Gasteiger charge is -2.34. The van der Waals surface area contributed by atoms with Crippen molar-refractivity contribution in [3.8, 4) is 5.75 Å². The summed E-state index contributed by atoms with van der Waals surface area (Å²) < 4.78 is 41.5. The normalized spacial score (nSPS) is 18.8. The maximum Gasteiger partial charge on any atom is 0.573 e. The van der Waals surface area contributed by atoms with Crippen molar-refractivity contribution in [2.24, 2.45) is 5.73 Å². The number of benzene rings is 1.